The van der Waals surface area contributed by atoms with Crippen LogP contribution in [0, 0.1) is 6.92 Å². The van der Waals surface area contributed by atoms with Crippen molar-refractivity contribution in [2.75, 3.05) is 0 Å². The maximum Gasteiger partial charge on any atom is 0.253 e. The van der Waals surface area contributed by atoms with Crippen molar-refractivity contribution >= 4 is 17.5 Å². The van der Waals surface area contributed by atoms with E-state index in [-0.39, 0.29) is 11.9 Å². The van der Waals surface area contributed by atoms with Crippen molar-refractivity contribution in [1.29, 1.82) is 0 Å². The summed E-state index contributed by atoms with van der Waals surface area (Å²) in [5, 5.41) is 7.70. The molecule has 4 nitrogen and oxygen atoms in total. The summed E-state index contributed by atoms with van der Waals surface area (Å²) < 4.78 is 1.91. The smallest absolute Gasteiger partial charge is 0.253 e. The highest BCUT2D eigenvalue weighted by molar-refractivity contribution is 6.33. The van der Waals surface area contributed by atoms with E-state index in [0.717, 1.165) is 17.8 Å². The van der Waals surface area contributed by atoms with E-state index in [2.05, 4.69) is 10.4 Å². The van der Waals surface area contributed by atoms with Gasteiger partial charge < -0.3 is 5.32 Å². The average molecular weight is 292 g/mol. The SMILES string of the molecule is CCn1ncc(C(C)NC(=O)c2ccccc2Cl)c1C. The van der Waals surface area contributed by atoms with Gasteiger partial charge >= 0.3 is 0 Å². The highest BCUT2D eigenvalue weighted by atomic mass is 35.5. The van der Waals surface area contributed by atoms with Crippen molar-refractivity contribution in [1.82, 2.24) is 15.1 Å². The lowest BCUT2D eigenvalue weighted by atomic mass is 10.1. The predicted octanol–water partition coefficient (Wildman–Crippen LogP) is 3.36. The van der Waals surface area contributed by atoms with E-state index in [1.807, 2.05) is 25.5 Å². The first-order chi connectivity index (χ1) is 9.54. The Morgan fingerprint density at radius 3 is 2.75 bits per heavy atom. The summed E-state index contributed by atoms with van der Waals surface area (Å²) in [5.41, 5.74) is 2.58. The summed E-state index contributed by atoms with van der Waals surface area (Å²) in [6.07, 6.45) is 1.80. The Hall–Kier alpha value is -1.81. The van der Waals surface area contributed by atoms with Gasteiger partial charge in [0.2, 0.25) is 0 Å². The molecule has 1 unspecified atom stereocenters. The predicted molar refractivity (Wildman–Crippen MR) is 80.0 cm³/mol. The topological polar surface area (TPSA) is 46.9 Å². The molecule has 1 heterocycles. The van der Waals surface area contributed by atoms with Crippen LogP contribution >= 0.6 is 11.6 Å². The van der Waals surface area contributed by atoms with Crippen molar-refractivity contribution in [3.8, 4) is 0 Å². The molecule has 0 aliphatic heterocycles. The molecule has 0 fully saturated rings. The number of hydrogen-bond acceptors (Lipinski definition) is 2. The van der Waals surface area contributed by atoms with Gasteiger partial charge in [0.15, 0.2) is 0 Å². The van der Waals surface area contributed by atoms with E-state index in [4.69, 9.17) is 11.6 Å². The largest absolute Gasteiger partial charge is 0.345 e. The minimum Gasteiger partial charge on any atom is -0.345 e. The van der Waals surface area contributed by atoms with E-state index in [0.29, 0.717) is 10.6 Å². The average Bonchev–Trinajstić information content (AvgIpc) is 2.80. The van der Waals surface area contributed by atoms with Crippen molar-refractivity contribution in [2.45, 2.75) is 33.4 Å². The molecule has 0 bridgehead atoms. The zero-order valence-electron chi connectivity index (χ0n) is 11.9. The monoisotopic (exact) mass is 291 g/mol. The van der Waals surface area contributed by atoms with Crippen molar-refractivity contribution in [2.24, 2.45) is 0 Å². The second-order valence-corrected chi connectivity index (χ2v) is 5.08. The van der Waals surface area contributed by atoms with Gasteiger partial charge in [0.05, 0.1) is 22.8 Å². The number of nitrogens with one attached hydrogen (secondary N) is 1. The van der Waals surface area contributed by atoms with Gasteiger partial charge in [-0.3, -0.25) is 9.48 Å². The number of hydrogen-bond donors (Lipinski definition) is 1. The van der Waals surface area contributed by atoms with Gasteiger partial charge in [-0.05, 0) is 32.9 Å². The molecule has 0 aliphatic carbocycles. The molecule has 0 saturated heterocycles. The Labute approximate surface area is 123 Å². The van der Waals surface area contributed by atoms with Gasteiger partial charge in [0.25, 0.3) is 5.91 Å². The number of nitrogens with zero attached hydrogens (tertiary/aromatic N) is 2. The molecule has 20 heavy (non-hydrogen) atoms. The standard InChI is InChI=1S/C15H18ClN3O/c1-4-19-11(3)13(9-17-19)10(2)18-15(20)12-7-5-6-8-14(12)16/h5-10H,4H2,1-3H3,(H,18,20). The molecule has 2 rings (SSSR count). The molecule has 106 valence electrons. The van der Waals surface area contributed by atoms with E-state index in [9.17, 15) is 4.79 Å². The van der Waals surface area contributed by atoms with Gasteiger partial charge in [-0.1, -0.05) is 23.7 Å². The van der Waals surface area contributed by atoms with Crippen molar-refractivity contribution < 1.29 is 4.79 Å². The highest BCUT2D eigenvalue weighted by Crippen LogP contribution is 2.19. The first kappa shape index (κ1) is 14.6. The molecule has 0 saturated carbocycles. The lowest BCUT2D eigenvalue weighted by molar-refractivity contribution is 0.0940. The molecule has 1 amide bonds. The van der Waals surface area contributed by atoms with Crippen molar-refractivity contribution in [3.05, 3.63) is 52.3 Å². The second-order valence-electron chi connectivity index (χ2n) is 4.68. The number of aryl methyl sites for hydroxylation is 1. The Morgan fingerprint density at radius 2 is 2.15 bits per heavy atom. The minimum absolute atomic E-state index is 0.112. The lowest BCUT2D eigenvalue weighted by Crippen LogP contribution is -2.27. The number of halogens is 1. The van der Waals surface area contributed by atoms with Crippen LogP contribution < -0.4 is 5.32 Å². The maximum absolute atomic E-state index is 12.2. The van der Waals surface area contributed by atoms with Crippen LogP contribution in [0.4, 0.5) is 0 Å². The number of benzene rings is 1. The molecule has 2 aromatic rings. The number of aromatic nitrogens is 2. The van der Waals surface area contributed by atoms with Crippen LogP contribution in [0.25, 0.3) is 0 Å². The van der Waals surface area contributed by atoms with E-state index in [1.54, 1.807) is 30.5 Å². The van der Waals surface area contributed by atoms with E-state index >= 15 is 0 Å². The molecule has 0 radical (unpaired) electrons. The molecule has 1 atom stereocenters. The number of rotatable bonds is 4. The fraction of sp³-hybridized carbons (Fsp3) is 0.333. The summed E-state index contributed by atoms with van der Waals surface area (Å²) >= 11 is 6.03. The number of carbonyl (C=O) groups is 1. The number of amides is 1. The molecule has 1 aromatic heterocycles. The van der Waals surface area contributed by atoms with Gasteiger partial charge in [-0.2, -0.15) is 5.10 Å². The van der Waals surface area contributed by atoms with Gasteiger partial charge in [-0.15, -0.1) is 0 Å². The zero-order valence-corrected chi connectivity index (χ0v) is 12.6. The quantitative estimate of drug-likeness (QED) is 0.939. The Bertz CT molecular complexity index is 621. The summed E-state index contributed by atoms with van der Waals surface area (Å²) in [7, 11) is 0. The fourth-order valence-corrected chi connectivity index (χ4v) is 2.42. The summed E-state index contributed by atoms with van der Waals surface area (Å²) in [6.45, 7) is 6.80. The van der Waals surface area contributed by atoms with Gasteiger partial charge in [0, 0.05) is 17.8 Å². The van der Waals surface area contributed by atoms with E-state index < -0.39 is 0 Å². The molecule has 0 spiro atoms. The van der Waals surface area contributed by atoms with Crippen molar-refractivity contribution in [3.63, 3.8) is 0 Å². The molecule has 1 aromatic carbocycles. The Morgan fingerprint density at radius 1 is 1.45 bits per heavy atom. The maximum atomic E-state index is 12.2. The molecule has 5 heteroatoms. The van der Waals surface area contributed by atoms with Crippen LogP contribution in [-0.2, 0) is 6.54 Å². The highest BCUT2D eigenvalue weighted by Gasteiger charge is 2.17. The summed E-state index contributed by atoms with van der Waals surface area (Å²) in [6, 6.07) is 6.91. The fourth-order valence-electron chi connectivity index (χ4n) is 2.20. The molecule has 1 N–H and O–H groups in total. The molecular weight excluding hydrogens is 274 g/mol. The first-order valence-electron chi connectivity index (χ1n) is 6.62. The van der Waals surface area contributed by atoms with Crippen LogP contribution in [0.1, 0.15) is 41.5 Å². The molecule has 0 aliphatic rings. The lowest BCUT2D eigenvalue weighted by Gasteiger charge is -2.14. The number of carbonyl (C=O) groups excluding carboxylic acids is 1. The normalized spacial score (nSPS) is 12.2. The Kier molecular flexibility index (Phi) is 4.45. The second kappa shape index (κ2) is 6.09. The van der Waals surface area contributed by atoms with E-state index in [1.165, 1.54) is 0 Å². The van der Waals surface area contributed by atoms with Crippen LogP contribution in [0.3, 0.4) is 0 Å². The van der Waals surface area contributed by atoms with Gasteiger partial charge in [-0.25, -0.2) is 0 Å². The minimum atomic E-state index is -0.174. The first-order valence-corrected chi connectivity index (χ1v) is 7.00. The summed E-state index contributed by atoms with van der Waals surface area (Å²) in [5.74, 6) is -0.174. The van der Waals surface area contributed by atoms with Crippen LogP contribution in [-0.4, -0.2) is 15.7 Å². The van der Waals surface area contributed by atoms with Crippen LogP contribution in [0.15, 0.2) is 30.5 Å². The Balaban J connectivity index is 2.15. The molecular formula is C15H18ClN3O. The third-order valence-electron chi connectivity index (χ3n) is 3.37. The zero-order chi connectivity index (χ0) is 14.7. The van der Waals surface area contributed by atoms with Crippen LogP contribution in [0.2, 0.25) is 5.02 Å². The summed E-state index contributed by atoms with van der Waals surface area (Å²) in [4.78, 5) is 12.2. The third-order valence-corrected chi connectivity index (χ3v) is 3.70. The van der Waals surface area contributed by atoms with Gasteiger partial charge in [0.1, 0.15) is 0 Å². The van der Waals surface area contributed by atoms with Crippen LogP contribution in [0.5, 0.6) is 0 Å². The third kappa shape index (κ3) is 2.85.